The molecule has 150 valence electrons. The van der Waals surface area contributed by atoms with Crippen molar-refractivity contribution in [3.63, 3.8) is 0 Å². The first-order valence-electron chi connectivity index (χ1n) is 8.96. The van der Waals surface area contributed by atoms with Gasteiger partial charge in [-0.1, -0.05) is 36.0 Å². The fraction of sp³-hybridized carbons (Fsp3) is 0.182. The monoisotopic (exact) mass is 411 g/mol. The Balaban J connectivity index is 2.09. The van der Waals surface area contributed by atoms with Gasteiger partial charge in [0.25, 0.3) is 0 Å². The summed E-state index contributed by atoms with van der Waals surface area (Å²) in [6.07, 6.45) is 1.61. The number of carbonyl (C=O) groups is 1. The van der Waals surface area contributed by atoms with Gasteiger partial charge in [-0.25, -0.2) is 9.79 Å². The van der Waals surface area contributed by atoms with Crippen molar-refractivity contribution in [2.45, 2.75) is 13.8 Å². The average molecular weight is 411 g/mol. The highest BCUT2D eigenvalue weighted by Crippen LogP contribution is 2.42. The number of esters is 1. The Labute approximate surface area is 173 Å². The number of benzene rings is 2. The van der Waals surface area contributed by atoms with Crippen LogP contribution < -0.4 is 4.74 Å². The summed E-state index contributed by atoms with van der Waals surface area (Å²) in [6.45, 7) is 3.73. The first-order valence-corrected chi connectivity index (χ1v) is 9.78. The van der Waals surface area contributed by atoms with E-state index in [-0.39, 0.29) is 23.7 Å². The summed E-state index contributed by atoms with van der Waals surface area (Å²) in [4.78, 5) is 17.4. The smallest absolute Gasteiger partial charge is 0.344 e. The van der Waals surface area contributed by atoms with Crippen molar-refractivity contribution in [2.24, 2.45) is 4.99 Å². The maximum absolute atomic E-state index is 12.5. The molecule has 0 bridgehead atoms. The average Bonchev–Trinajstić information content (AvgIpc) is 2.99. The fourth-order valence-corrected chi connectivity index (χ4v) is 3.76. The highest BCUT2D eigenvalue weighted by Gasteiger charge is 2.33. The number of aryl methyl sites for hydroxylation is 1. The summed E-state index contributed by atoms with van der Waals surface area (Å²) >= 11 is 1.12. The number of aliphatic imine (C=N–C) groups is 1. The van der Waals surface area contributed by atoms with Crippen LogP contribution in [-0.4, -0.2) is 34.9 Å². The van der Waals surface area contributed by atoms with E-state index in [0.29, 0.717) is 26.9 Å². The molecule has 0 amide bonds. The molecule has 2 N–H and O–H groups in total. The van der Waals surface area contributed by atoms with Crippen molar-refractivity contribution in [1.29, 1.82) is 0 Å². The normalized spacial score (nSPS) is 16.5. The van der Waals surface area contributed by atoms with E-state index in [9.17, 15) is 15.0 Å². The van der Waals surface area contributed by atoms with E-state index < -0.39 is 5.97 Å². The zero-order chi connectivity index (χ0) is 21.0. The molecule has 2 aromatic carbocycles. The van der Waals surface area contributed by atoms with E-state index >= 15 is 0 Å². The first kappa shape index (κ1) is 20.5. The summed E-state index contributed by atoms with van der Waals surface area (Å²) in [5.41, 5.74) is 1.94. The SMILES string of the molecule is CCOC(=O)C1=C(O)C(=Cc2ccc(C)cc2O)SC1=Nc1ccccc1OC. The van der Waals surface area contributed by atoms with Crippen molar-refractivity contribution in [3.05, 3.63) is 69.8 Å². The maximum atomic E-state index is 12.5. The number of thioether (sulfide) groups is 1. The molecule has 2 aromatic rings. The van der Waals surface area contributed by atoms with Gasteiger partial charge >= 0.3 is 5.97 Å². The van der Waals surface area contributed by atoms with Crippen LogP contribution in [-0.2, 0) is 9.53 Å². The number of rotatable bonds is 5. The number of hydrogen-bond acceptors (Lipinski definition) is 7. The molecule has 6 nitrogen and oxygen atoms in total. The highest BCUT2D eigenvalue weighted by atomic mass is 32.2. The van der Waals surface area contributed by atoms with Crippen LogP contribution in [0.15, 0.2) is 63.7 Å². The summed E-state index contributed by atoms with van der Waals surface area (Å²) in [6, 6.07) is 12.3. The quantitative estimate of drug-likeness (QED) is 0.680. The third-order valence-electron chi connectivity index (χ3n) is 4.15. The molecule has 1 aliphatic rings. The van der Waals surface area contributed by atoms with E-state index in [0.717, 1.165) is 17.3 Å². The number of para-hydroxylation sites is 2. The van der Waals surface area contributed by atoms with E-state index in [1.165, 1.54) is 7.11 Å². The van der Waals surface area contributed by atoms with Crippen LogP contribution in [0.25, 0.3) is 6.08 Å². The van der Waals surface area contributed by atoms with Gasteiger partial charge in [-0.05, 0) is 43.7 Å². The number of aliphatic hydroxyl groups excluding tert-OH is 1. The number of carbonyl (C=O) groups excluding carboxylic acids is 1. The Morgan fingerprint density at radius 1 is 1.21 bits per heavy atom. The summed E-state index contributed by atoms with van der Waals surface area (Å²) in [7, 11) is 1.53. The predicted octanol–water partition coefficient (Wildman–Crippen LogP) is 4.90. The topological polar surface area (TPSA) is 88.4 Å². The second kappa shape index (κ2) is 8.87. The van der Waals surface area contributed by atoms with E-state index in [2.05, 4.69) is 4.99 Å². The molecule has 0 atom stereocenters. The molecule has 7 heteroatoms. The summed E-state index contributed by atoms with van der Waals surface area (Å²) in [5, 5.41) is 21.2. The molecule has 0 radical (unpaired) electrons. The molecule has 0 saturated carbocycles. The van der Waals surface area contributed by atoms with Gasteiger partial charge in [0.05, 0.1) is 18.6 Å². The van der Waals surface area contributed by atoms with Crippen molar-refractivity contribution >= 4 is 34.5 Å². The number of phenolic OH excluding ortho intramolecular Hbond substituents is 1. The van der Waals surface area contributed by atoms with Crippen molar-refractivity contribution < 1.29 is 24.5 Å². The van der Waals surface area contributed by atoms with Crippen molar-refractivity contribution in [2.75, 3.05) is 13.7 Å². The second-order valence-electron chi connectivity index (χ2n) is 6.21. The van der Waals surface area contributed by atoms with Crippen LogP contribution in [0, 0.1) is 6.92 Å². The number of methoxy groups -OCH3 is 1. The van der Waals surface area contributed by atoms with Gasteiger partial charge in [0.15, 0.2) is 0 Å². The Morgan fingerprint density at radius 3 is 2.66 bits per heavy atom. The molecule has 0 aromatic heterocycles. The van der Waals surface area contributed by atoms with Crippen LogP contribution in [0.2, 0.25) is 0 Å². The number of hydrogen-bond donors (Lipinski definition) is 2. The van der Waals surface area contributed by atoms with E-state index in [4.69, 9.17) is 9.47 Å². The maximum Gasteiger partial charge on any atom is 0.344 e. The Kier molecular flexibility index (Phi) is 6.29. The van der Waals surface area contributed by atoms with Crippen molar-refractivity contribution in [1.82, 2.24) is 0 Å². The Morgan fingerprint density at radius 2 is 1.97 bits per heavy atom. The standard InChI is InChI=1S/C22H21NO5S/c1-4-28-22(26)19-20(25)18(12-14-10-9-13(2)11-16(14)24)29-21(19)23-15-7-5-6-8-17(15)27-3/h5-12,24-25H,4H2,1-3H3. The molecule has 0 unspecified atom stereocenters. The fourth-order valence-electron chi connectivity index (χ4n) is 2.74. The molecular formula is C22H21NO5S. The van der Waals surface area contributed by atoms with Crippen LogP contribution >= 0.6 is 11.8 Å². The molecule has 0 saturated heterocycles. The lowest BCUT2D eigenvalue weighted by Gasteiger charge is -2.06. The largest absolute Gasteiger partial charge is 0.507 e. The zero-order valence-electron chi connectivity index (χ0n) is 16.3. The lowest BCUT2D eigenvalue weighted by atomic mass is 10.1. The molecule has 0 fully saturated rings. The molecular weight excluding hydrogens is 390 g/mol. The van der Waals surface area contributed by atoms with Crippen LogP contribution in [0.3, 0.4) is 0 Å². The Bertz CT molecular complexity index is 1040. The minimum absolute atomic E-state index is 0.0133. The van der Waals surface area contributed by atoms with Gasteiger partial charge in [-0.3, -0.25) is 0 Å². The van der Waals surface area contributed by atoms with Crippen LogP contribution in [0.4, 0.5) is 5.69 Å². The predicted molar refractivity (Wildman–Crippen MR) is 115 cm³/mol. The molecule has 1 heterocycles. The van der Waals surface area contributed by atoms with Gasteiger partial charge in [0.2, 0.25) is 0 Å². The van der Waals surface area contributed by atoms with Gasteiger partial charge < -0.3 is 19.7 Å². The van der Waals surface area contributed by atoms with Crippen LogP contribution in [0.5, 0.6) is 11.5 Å². The number of aromatic hydroxyl groups is 1. The van der Waals surface area contributed by atoms with E-state index in [1.807, 2.05) is 19.1 Å². The molecule has 29 heavy (non-hydrogen) atoms. The van der Waals surface area contributed by atoms with Gasteiger partial charge in [0.1, 0.15) is 33.6 Å². The molecule has 0 spiro atoms. The highest BCUT2D eigenvalue weighted by molar-refractivity contribution is 8.18. The molecule has 1 aliphatic heterocycles. The van der Waals surface area contributed by atoms with Crippen molar-refractivity contribution in [3.8, 4) is 11.5 Å². The second-order valence-corrected chi connectivity index (χ2v) is 7.24. The first-order chi connectivity index (χ1) is 13.9. The Hall–Kier alpha value is -3.19. The zero-order valence-corrected chi connectivity index (χ0v) is 17.1. The van der Waals surface area contributed by atoms with E-state index in [1.54, 1.807) is 43.3 Å². The van der Waals surface area contributed by atoms with Crippen LogP contribution in [0.1, 0.15) is 18.1 Å². The summed E-state index contributed by atoms with van der Waals surface area (Å²) in [5.74, 6) is -0.277. The minimum Gasteiger partial charge on any atom is -0.507 e. The third-order valence-corrected chi connectivity index (χ3v) is 5.17. The lowest BCUT2D eigenvalue weighted by molar-refractivity contribution is -0.138. The molecule has 3 rings (SSSR count). The molecule has 0 aliphatic carbocycles. The van der Waals surface area contributed by atoms with Gasteiger partial charge in [-0.15, -0.1) is 0 Å². The lowest BCUT2D eigenvalue weighted by Crippen LogP contribution is -2.12. The summed E-state index contributed by atoms with van der Waals surface area (Å²) < 4.78 is 10.4. The van der Waals surface area contributed by atoms with Gasteiger partial charge in [0, 0.05) is 5.56 Å². The number of phenols is 1. The van der Waals surface area contributed by atoms with Gasteiger partial charge in [-0.2, -0.15) is 0 Å². The third kappa shape index (κ3) is 4.46. The number of nitrogens with zero attached hydrogens (tertiary/aromatic N) is 1. The minimum atomic E-state index is -0.664. The number of ether oxygens (including phenoxy) is 2. The number of aliphatic hydroxyl groups is 1.